The van der Waals surface area contributed by atoms with E-state index in [-0.39, 0.29) is 11.9 Å². The van der Waals surface area contributed by atoms with E-state index in [9.17, 15) is 4.79 Å². The number of hydrogen-bond acceptors (Lipinski definition) is 5. The molecule has 0 aliphatic carbocycles. The van der Waals surface area contributed by atoms with Crippen molar-refractivity contribution >= 4 is 23.3 Å². The van der Waals surface area contributed by atoms with Crippen molar-refractivity contribution in [2.45, 2.75) is 0 Å². The number of benzene rings is 1. The second-order valence-corrected chi connectivity index (χ2v) is 5.80. The van der Waals surface area contributed by atoms with E-state index in [1.807, 2.05) is 58.1 Å². The number of amides is 1. The van der Waals surface area contributed by atoms with E-state index in [0.717, 1.165) is 11.3 Å². The Balaban J connectivity index is 1.48. The molecule has 4 rings (SSSR count). The van der Waals surface area contributed by atoms with Gasteiger partial charge in [-0.15, -0.1) is 5.10 Å². The normalized spacial score (nSPS) is 10.7. The monoisotopic (exact) mass is 336 g/mol. The van der Waals surface area contributed by atoms with Crippen LogP contribution in [0.15, 0.2) is 70.0 Å². The predicted molar refractivity (Wildman–Crippen MR) is 91.3 cm³/mol. The standard InChI is InChI=1S/C17H12N4O2S/c22-15(12-3-5-14(6-4-12)21-8-1-2-9-21)18-17-20-19-16(23-17)13-7-10-24-11-13/h1-11H,(H,18,20,22). The minimum atomic E-state index is -0.297. The fourth-order valence-electron chi connectivity index (χ4n) is 2.24. The summed E-state index contributed by atoms with van der Waals surface area (Å²) in [6.07, 6.45) is 3.89. The molecule has 3 heterocycles. The summed E-state index contributed by atoms with van der Waals surface area (Å²) in [6.45, 7) is 0. The molecule has 3 aromatic heterocycles. The van der Waals surface area contributed by atoms with Crippen molar-refractivity contribution in [2.24, 2.45) is 0 Å². The van der Waals surface area contributed by atoms with Crippen molar-refractivity contribution in [1.29, 1.82) is 0 Å². The highest BCUT2D eigenvalue weighted by molar-refractivity contribution is 7.08. The van der Waals surface area contributed by atoms with Crippen LogP contribution in [0.25, 0.3) is 17.1 Å². The van der Waals surface area contributed by atoms with Crippen LogP contribution in [0.4, 0.5) is 6.01 Å². The molecular formula is C17H12N4O2S. The van der Waals surface area contributed by atoms with E-state index < -0.39 is 0 Å². The highest BCUT2D eigenvalue weighted by Gasteiger charge is 2.13. The second-order valence-electron chi connectivity index (χ2n) is 5.02. The molecule has 1 aromatic carbocycles. The maximum absolute atomic E-state index is 12.3. The summed E-state index contributed by atoms with van der Waals surface area (Å²) in [5, 5.41) is 14.2. The molecule has 0 aliphatic rings. The number of carbonyl (C=O) groups excluding carboxylic acids is 1. The molecule has 0 radical (unpaired) electrons. The van der Waals surface area contributed by atoms with Gasteiger partial charge in [0.1, 0.15) is 0 Å². The first kappa shape index (κ1) is 14.4. The molecule has 0 aliphatic heterocycles. The third-order valence-corrected chi connectivity index (χ3v) is 4.13. The Labute approximate surface area is 141 Å². The van der Waals surface area contributed by atoms with Gasteiger partial charge in [-0.2, -0.15) is 11.3 Å². The van der Waals surface area contributed by atoms with Crippen LogP contribution in [0.1, 0.15) is 10.4 Å². The molecule has 0 saturated carbocycles. The van der Waals surface area contributed by atoms with Crippen LogP contribution in [-0.4, -0.2) is 20.7 Å². The number of hydrogen-bond donors (Lipinski definition) is 1. The molecule has 0 unspecified atom stereocenters. The summed E-state index contributed by atoms with van der Waals surface area (Å²) in [6, 6.07) is 13.1. The summed E-state index contributed by atoms with van der Waals surface area (Å²) >= 11 is 1.54. The molecule has 1 N–H and O–H groups in total. The summed E-state index contributed by atoms with van der Waals surface area (Å²) in [5.41, 5.74) is 2.33. The first-order chi connectivity index (χ1) is 11.8. The van der Waals surface area contributed by atoms with Crippen molar-refractivity contribution in [3.63, 3.8) is 0 Å². The average molecular weight is 336 g/mol. The van der Waals surface area contributed by atoms with Gasteiger partial charge in [-0.05, 0) is 47.8 Å². The van der Waals surface area contributed by atoms with Crippen LogP contribution in [0.5, 0.6) is 0 Å². The highest BCUT2D eigenvalue weighted by Crippen LogP contribution is 2.22. The van der Waals surface area contributed by atoms with Gasteiger partial charge >= 0.3 is 6.01 Å². The molecule has 118 valence electrons. The summed E-state index contributed by atoms with van der Waals surface area (Å²) in [5.74, 6) is 0.0871. The van der Waals surface area contributed by atoms with Gasteiger partial charge in [0.15, 0.2) is 0 Å². The van der Waals surface area contributed by atoms with Crippen LogP contribution < -0.4 is 5.32 Å². The highest BCUT2D eigenvalue weighted by atomic mass is 32.1. The Morgan fingerprint density at radius 1 is 1.08 bits per heavy atom. The fraction of sp³-hybridized carbons (Fsp3) is 0. The van der Waals surface area contributed by atoms with Gasteiger partial charge in [-0.1, -0.05) is 5.10 Å². The Kier molecular flexibility index (Phi) is 3.68. The maximum atomic E-state index is 12.3. The molecule has 7 heteroatoms. The molecule has 0 saturated heterocycles. The topological polar surface area (TPSA) is 73.0 Å². The zero-order chi connectivity index (χ0) is 16.4. The number of nitrogens with one attached hydrogen (secondary N) is 1. The van der Waals surface area contributed by atoms with Crippen LogP contribution in [-0.2, 0) is 0 Å². The molecular weight excluding hydrogens is 324 g/mol. The van der Waals surface area contributed by atoms with Gasteiger partial charge in [0.05, 0.1) is 0 Å². The lowest BCUT2D eigenvalue weighted by molar-refractivity contribution is 0.102. The summed E-state index contributed by atoms with van der Waals surface area (Å²) in [7, 11) is 0. The van der Waals surface area contributed by atoms with Crippen LogP contribution in [0.3, 0.4) is 0 Å². The molecule has 0 spiro atoms. The number of nitrogens with zero attached hydrogens (tertiary/aromatic N) is 3. The number of rotatable bonds is 4. The van der Waals surface area contributed by atoms with Crippen LogP contribution in [0.2, 0.25) is 0 Å². The zero-order valence-corrected chi connectivity index (χ0v) is 13.2. The van der Waals surface area contributed by atoms with Crippen molar-refractivity contribution in [2.75, 3.05) is 5.32 Å². The average Bonchev–Trinajstić information content (AvgIpc) is 3.36. The lowest BCUT2D eigenvalue weighted by Crippen LogP contribution is -2.12. The third-order valence-electron chi connectivity index (χ3n) is 3.45. The molecule has 4 aromatic rings. The van der Waals surface area contributed by atoms with Crippen molar-refractivity contribution < 1.29 is 9.21 Å². The number of carbonyl (C=O) groups is 1. The largest absolute Gasteiger partial charge is 0.403 e. The lowest BCUT2D eigenvalue weighted by atomic mass is 10.2. The van der Waals surface area contributed by atoms with Crippen molar-refractivity contribution in [3.05, 3.63) is 71.2 Å². The van der Waals surface area contributed by atoms with E-state index in [1.54, 1.807) is 12.1 Å². The van der Waals surface area contributed by atoms with E-state index in [2.05, 4.69) is 15.5 Å². The summed E-state index contributed by atoms with van der Waals surface area (Å²) in [4.78, 5) is 12.3. The minimum Gasteiger partial charge on any atom is -0.403 e. The molecule has 6 nitrogen and oxygen atoms in total. The zero-order valence-electron chi connectivity index (χ0n) is 12.4. The number of anilines is 1. The number of aromatic nitrogens is 3. The van der Waals surface area contributed by atoms with E-state index in [4.69, 9.17) is 4.42 Å². The van der Waals surface area contributed by atoms with Gasteiger partial charge in [0.25, 0.3) is 11.8 Å². The van der Waals surface area contributed by atoms with Gasteiger partial charge in [0.2, 0.25) is 0 Å². The Morgan fingerprint density at radius 3 is 2.58 bits per heavy atom. The van der Waals surface area contributed by atoms with Gasteiger partial charge in [-0.3, -0.25) is 10.1 Å². The molecule has 24 heavy (non-hydrogen) atoms. The first-order valence-electron chi connectivity index (χ1n) is 7.20. The SMILES string of the molecule is O=C(Nc1nnc(-c2ccsc2)o1)c1ccc(-n2cccc2)cc1. The second kappa shape index (κ2) is 6.13. The van der Waals surface area contributed by atoms with E-state index >= 15 is 0 Å². The van der Waals surface area contributed by atoms with Gasteiger partial charge in [-0.25, -0.2) is 0 Å². The molecule has 0 bridgehead atoms. The third kappa shape index (κ3) is 2.84. The Morgan fingerprint density at radius 2 is 1.88 bits per heavy atom. The molecule has 0 fully saturated rings. The fourth-order valence-corrected chi connectivity index (χ4v) is 2.87. The predicted octanol–water partition coefficient (Wildman–Crippen LogP) is 3.84. The van der Waals surface area contributed by atoms with Crippen LogP contribution in [0, 0.1) is 0 Å². The Bertz CT molecular complexity index is 941. The van der Waals surface area contributed by atoms with Crippen LogP contribution >= 0.6 is 11.3 Å². The first-order valence-corrected chi connectivity index (χ1v) is 8.15. The minimum absolute atomic E-state index is 0.0793. The van der Waals surface area contributed by atoms with Gasteiger partial charge < -0.3 is 8.98 Å². The van der Waals surface area contributed by atoms with Crippen molar-refractivity contribution in [1.82, 2.24) is 14.8 Å². The molecule has 1 amide bonds. The quantitative estimate of drug-likeness (QED) is 0.614. The van der Waals surface area contributed by atoms with Crippen molar-refractivity contribution in [3.8, 4) is 17.1 Å². The molecule has 0 atom stereocenters. The van der Waals surface area contributed by atoms with E-state index in [1.165, 1.54) is 11.3 Å². The van der Waals surface area contributed by atoms with E-state index in [0.29, 0.717) is 11.5 Å². The lowest BCUT2D eigenvalue weighted by Gasteiger charge is -2.04. The van der Waals surface area contributed by atoms with Gasteiger partial charge in [0, 0.05) is 34.6 Å². The Hall–Kier alpha value is -3.19. The summed E-state index contributed by atoms with van der Waals surface area (Å²) < 4.78 is 7.42. The number of thiophene rings is 1. The maximum Gasteiger partial charge on any atom is 0.322 e. The smallest absolute Gasteiger partial charge is 0.322 e.